The largest absolute Gasteiger partial charge is 0.399 e. The highest BCUT2D eigenvalue weighted by molar-refractivity contribution is 5.96. The minimum atomic E-state index is -0.273. The smallest absolute Gasteiger partial charge is 0.251 e. The van der Waals surface area contributed by atoms with Crippen LogP contribution in [0.3, 0.4) is 0 Å². The lowest BCUT2D eigenvalue weighted by molar-refractivity contribution is 0.0941. The molecule has 3 N–H and O–H groups in total. The van der Waals surface area contributed by atoms with Gasteiger partial charge in [-0.25, -0.2) is 4.39 Å². The molecule has 1 atom stereocenters. The lowest BCUT2D eigenvalue weighted by atomic mass is 10.0. The van der Waals surface area contributed by atoms with E-state index in [2.05, 4.69) is 5.32 Å². The lowest BCUT2D eigenvalue weighted by Crippen LogP contribution is -2.34. The first kappa shape index (κ1) is 17.0. The van der Waals surface area contributed by atoms with E-state index in [1.807, 2.05) is 32.0 Å². The second-order valence-electron chi connectivity index (χ2n) is 5.82. The minimum Gasteiger partial charge on any atom is -0.399 e. The third-order valence-corrected chi connectivity index (χ3v) is 3.84. The number of aryl methyl sites for hydroxylation is 1. The predicted octanol–water partition coefficient (Wildman–Crippen LogP) is 2.75. The number of nitrogen functional groups attached to an aromatic ring is 1. The van der Waals surface area contributed by atoms with Crippen LogP contribution in [0.2, 0.25) is 0 Å². The van der Waals surface area contributed by atoms with Crippen LogP contribution >= 0.6 is 0 Å². The Labute approximate surface area is 136 Å². The van der Waals surface area contributed by atoms with Crippen molar-refractivity contribution in [1.82, 2.24) is 10.2 Å². The molecule has 2 aromatic carbocycles. The Morgan fingerprint density at radius 2 is 1.87 bits per heavy atom. The maximum absolute atomic E-state index is 13.1. The van der Waals surface area contributed by atoms with Crippen molar-refractivity contribution in [3.8, 4) is 0 Å². The number of hydrogen-bond acceptors (Lipinski definition) is 3. The highest BCUT2D eigenvalue weighted by Crippen LogP contribution is 2.18. The van der Waals surface area contributed by atoms with E-state index in [0.29, 0.717) is 17.8 Å². The van der Waals surface area contributed by atoms with Crippen LogP contribution in [0.5, 0.6) is 0 Å². The number of benzene rings is 2. The van der Waals surface area contributed by atoms with Crippen LogP contribution in [0.25, 0.3) is 0 Å². The van der Waals surface area contributed by atoms with Crippen LogP contribution < -0.4 is 11.1 Å². The number of amides is 1. The van der Waals surface area contributed by atoms with E-state index in [4.69, 9.17) is 5.73 Å². The van der Waals surface area contributed by atoms with Gasteiger partial charge in [-0.3, -0.25) is 4.79 Å². The van der Waals surface area contributed by atoms with Crippen molar-refractivity contribution in [3.05, 3.63) is 65.0 Å². The van der Waals surface area contributed by atoms with Crippen molar-refractivity contribution in [2.24, 2.45) is 0 Å². The monoisotopic (exact) mass is 315 g/mol. The fraction of sp³-hybridized carbons (Fsp3) is 0.278. The number of nitrogens with one attached hydrogen (secondary N) is 1. The van der Waals surface area contributed by atoms with Crippen molar-refractivity contribution < 1.29 is 9.18 Å². The van der Waals surface area contributed by atoms with Crippen LogP contribution in [-0.2, 0) is 0 Å². The Bertz CT molecular complexity index is 683. The molecule has 0 aliphatic rings. The molecular weight excluding hydrogens is 293 g/mol. The highest BCUT2D eigenvalue weighted by Gasteiger charge is 2.17. The van der Waals surface area contributed by atoms with E-state index < -0.39 is 0 Å². The standard InChI is InChI=1S/C18H22FN3O/c1-12-4-9-15(20)10-16(12)18(23)21-11-17(22(2)3)13-5-7-14(19)8-6-13/h4-10,17H,11,20H2,1-3H3,(H,21,23). The van der Waals surface area contributed by atoms with Gasteiger partial charge >= 0.3 is 0 Å². The van der Waals surface area contributed by atoms with Gasteiger partial charge in [-0.2, -0.15) is 0 Å². The van der Waals surface area contributed by atoms with E-state index in [9.17, 15) is 9.18 Å². The SMILES string of the molecule is Cc1ccc(N)cc1C(=O)NCC(c1ccc(F)cc1)N(C)C. The number of nitrogens with two attached hydrogens (primary N) is 1. The molecule has 2 aromatic rings. The third kappa shape index (κ3) is 4.29. The van der Waals surface area contributed by atoms with Gasteiger partial charge in [-0.1, -0.05) is 18.2 Å². The third-order valence-electron chi connectivity index (χ3n) is 3.84. The Balaban J connectivity index is 2.11. The average molecular weight is 315 g/mol. The fourth-order valence-electron chi connectivity index (χ4n) is 2.45. The number of likely N-dealkylation sites (N-methyl/N-ethyl adjacent to an activating group) is 1. The molecule has 23 heavy (non-hydrogen) atoms. The highest BCUT2D eigenvalue weighted by atomic mass is 19.1. The summed E-state index contributed by atoms with van der Waals surface area (Å²) in [5.74, 6) is -0.436. The fourth-order valence-corrected chi connectivity index (χ4v) is 2.45. The summed E-state index contributed by atoms with van der Waals surface area (Å²) in [6.45, 7) is 2.30. The summed E-state index contributed by atoms with van der Waals surface area (Å²) in [6.07, 6.45) is 0. The summed E-state index contributed by atoms with van der Waals surface area (Å²) < 4.78 is 13.1. The van der Waals surface area contributed by atoms with Gasteiger partial charge in [0.1, 0.15) is 5.82 Å². The van der Waals surface area contributed by atoms with Gasteiger partial charge in [0.2, 0.25) is 0 Å². The number of anilines is 1. The Hall–Kier alpha value is -2.40. The van der Waals surface area contributed by atoms with E-state index in [1.165, 1.54) is 12.1 Å². The zero-order valence-electron chi connectivity index (χ0n) is 13.6. The Morgan fingerprint density at radius 1 is 1.22 bits per heavy atom. The van der Waals surface area contributed by atoms with Crippen LogP contribution in [0.15, 0.2) is 42.5 Å². The summed E-state index contributed by atoms with van der Waals surface area (Å²) >= 11 is 0. The number of halogens is 1. The van der Waals surface area contributed by atoms with E-state index in [-0.39, 0.29) is 17.8 Å². The van der Waals surface area contributed by atoms with Gasteiger partial charge < -0.3 is 16.0 Å². The molecule has 0 saturated carbocycles. The average Bonchev–Trinajstić information content (AvgIpc) is 2.51. The molecule has 1 amide bonds. The summed E-state index contributed by atoms with van der Waals surface area (Å²) in [4.78, 5) is 14.4. The van der Waals surface area contributed by atoms with Crippen LogP contribution in [-0.4, -0.2) is 31.4 Å². The molecule has 0 spiro atoms. The first-order valence-electron chi connectivity index (χ1n) is 7.44. The Morgan fingerprint density at radius 3 is 2.48 bits per heavy atom. The van der Waals surface area contributed by atoms with Crippen molar-refractivity contribution in [1.29, 1.82) is 0 Å². The normalized spacial score (nSPS) is 12.2. The molecule has 0 heterocycles. The van der Waals surface area contributed by atoms with E-state index >= 15 is 0 Å². The van der Waals surface area contributed by atoms with Gasteiger partial charge in [0.05, 0.1) is 6.04 Å². The first-order valence-corrected chi connectivity index (χ1v) is 7.44. The summed E-state index contributed by atoms with van der Waals surface area (Å²) in [6, 6.07) is 11.6. The quantitative estimate of drug-likeness (QED) is 0.834. The maximum atomic E-state index is 13.1. The second-order valence-corrected chi connectivity index (χ2v) is 5.82. The Kier molecular flexibility index (Phi) is 5.34. The first-order chi connectivity index (χ1) is 10.9. The predicted molar refractivity (Wildman–Crippen MR) is 90.8 cm³/mol. The van der Waals surface area contributed by atoms with Gasteiger partial charge in [0.25, 0.3) is 5.91 Å². The molecule has 0 bridgehead atoms. The second kappa shape index (κ2) is 7.24. The summed E-state index contributed by atoms with van der Waals surface area (Å²) in [5, 5.41) is 2.93. The minimum absolute atomic E-state index is 0.0408. The molecular formula is C18H22FN3O. The zero-order valence-corrected chi connectivity index (χ0v) is 13.6. The molecule has 0 aliphatic heterocycles. The van der Waals surface area contributed by atoms with Crippen molar-refractivity contribution in [2.45, 2.75) is 13.0 Å². The van der Waals surface area contributed by atoms with Gasteiger partial charge in [-0.15, -0.1) is 0 Å². The molecule has 0 aliphatic carbocycles. The summed E-state index contributed by atoms with van der Waals surface area (Å²) in [5.41, 5.74) is 8.70. The van der Waals surface area contributed by atoms with Gasteiger partial charge in [0, 0.05) is 17.8 Å². The van der Waals surface area contributed by atoms with Crippen LogP contribution in [0, 0.1) is 12.7 Å². The molecule has 0 saturated heterocycles. The number of carbonyl (C=O) groups is 1. The molecule has 0 aromatic heterocycles. The number of hydrogen-bond donors (Lipinski definition) is 2. The zero-order chi connectivity index (χ0) is 17.0. The molecule has 5 heteroatoms. The number of carbonyl (C=O) groups excluding carboxylic acids is 1. The van der Waals surface area contributed by atoms with Crippen LogP contribution in [0.4, 0.5) is 10.1 Å². The van der Waals surface area contributed by atoms with Crippen molar-refractivity contribution in [3.63, 3.8) is 0 Å². The summed E-state index contributed by atoms with van der Waals surface area (Å²) in [7, 11) is 3.85. The molecule has 0 fully saturated rings. The van der Waals surface area contributed by atoms with Gasteiger partial charge in [-0.05, 0) is 56.4 Å². The van der Waals surface area contributed by atoms with Gasteiger partial charge in [0.15, 0.2) is 0 Å². The molecule has 122 valence electrons. The number of rotatable bonds is 5. The molecule has 4 nitrogen and oxygen atoms in total. The van der Waals surface area contributed by atoms with E-state index in [0.717, 1.165) is 11.1 Å². The van der Waals surface area contributed by atoms with Crippen LogP contribution in [0.1, 0.15) is 27.5 Å². The number of nitrogens with zero attached hydrogens (tertiary/aromatic N) is 1. The molecule has 0 radical (unpaired) electrons. The van der Waals surface area contributed by atoms with Crippen molar-refractivity contribution in [2.75, 3.05) is 26.4 Å². The van der Waals surface area contributed by atoms with Crippen molar-refractivity contribution >= 4 is 11.6 Å². The lowest BCUT2D eigenvalue weighted by Gasteiger charge is -2.25. The molecule has 1 unspecified atom stereocenters. The maximum Gasteiger partial charge on any atom is 0.251 e. The topological polar surface area (TPSA) is 58.4 Å². The van der Waals surface area contributed by atoms with E-state index in [1.54, 1.807) is 24.3 Å². The molecule has 2 rings (SSSR count).